The lowest BCUT2D eigenvalue weighted by atomic mass is 10.1. The Bertz CT molecular complexity index is 885. The summed E-state index contributed by atoms with van der Waals surface area (Å²) in [5.74, 6) is -0.147. The summed E-state index contributed by atoms with van der Waals surface area (Å²) in [5, 5.41) is 6.45. The lowest BCUT2D eigenvalue weighted by Crippen LogP contribution is -2.26. The van der Waals surface area contributed by atoms with Crippen LogP contribution >= 0.6 is 11.6 Å². The maximum absolute atomic E-state index is 12.9. The number of rotatable bonds is 6. The van der Waals surface area contributed by atoms with Crippen molar-refractivity contribution >= 4 is 29.0 Å². The number of hydrogen-bond acceptors (Lipinski definition) is 4. The average Bonchev–Trinajstić information content (AvgIpc) is 2.64. The second kappa shape index (κ2) is 8.40. The number of carbonyl (C=O) groups is 1. The van der Waals surface area contributed by atoms with Crippen molar-refractivity contribution in [2.24, 2.45) is 0 Å². The van der Waals surface area contributed by atoms with Crippen LogP contribution in [0, 0.1) is 5.82 Å². The van der Waals surface area contributed by atoms with Crippen molar-refractivity contribution in [2.75, 3.05) is 11.9 Å². The lowest BCUT2D eigenvalue weighted by molar-refractivity contribution is 0.0949. The summed E-state index contributed by atoms with van der Waals surface area (Å²) in [7, 11) is 0. The molecule has 0 aliphatic heterocycles. The van der Waals surface area contributed by atoms with E-state index in [1.54, 1.807) is 18.2 Å². The summed E-state index contributed by atoms with van der Waals surface area (Å²) in [4.78, 5) is 20.4. The molecule has 0 aliphatic carbocycles. The SMILES string of the molecule is O=C(NCCc1cccc(Cl)c1)c1cnc(Nc2ccc(F)cc2)cn1. The number of aromatic nitrogens is 2. The fraction of sp³-hybridized carbons (Fsp3) is 0.105. The quantitative estimate of drug-likeness (QED) is 0.688. The van der Waals surface area contributed by atoms with Crippen LogP contribution in [0.5, 0.6) is 0 Å². The van der Waals surface area contributed by atoms with Gasteiger partial charge in [0.2, 0.25) is 0 Å². The van der Waals surface area contributed by atoms with E-state index in [0.29, 0.717) is 29.5 Å². The molecular formula is C19H16ClFN4O. The molecule has 5 nitrogen and oxygen atoms in total. The molecule has 0 fully saturated rings. The molecule has 0 saturated heterocycles. The van der Waals surface area contributed by atoms with E-state index in [4.69, 9.17) is 11.6 Å². The maximum atomic E-state index is 12.9. The normalized spacial score (nSPS) is 10.4. The number of amides is 1. The predicted molar refractivity (Wildman–Crippen MR) is 99.2 cm³/mol. The van der Waals surface area contributed by atoms with E-state index < -0.39 is 0 Å². The molecule has 0 bridgehead atoms. The zero-order chi connectivity index (χ0) is 18.4. The Labute approximate surface area is 155 Å². The number of halogens is 2. The molecule has 0 aliphatic rings. The van der Waals surface area contributed by atoms with Crippen LogP contribution in [0.15, 0.2) is 60.9 Å². The highest BCUT2D eigenvalue weighted by Crippen LogP contribution is 2.14. The van der Waals surface area contributed by atoms with Gasteiger partial charge in [0.25, 0.3) is 5.91 Å². The summed E-state index contributed by atoms with van der Waals surface area (Å²) >= 11 is 5.93. The standard InChI is InChI=1S/C19H16ClFN4O/c20-14-3-1-2-13(10-14)8-9-22-19(26)17-11-24-18(12-23-17)25-16-6-4-15(21)5-7-16/h1-7,10-12H,8-9H2,(H,22,26)(H,24,25). The summed E-state index contributed by atoms with van der Waals surface area (Å²) in [6, 6.07) is 13.4. The first kappa shape index (κ1) is 17.8. The van der Waals surface area contributed by atoms with Crippen LogP contribution in [-0.4, -0.2) is 22.4 Å². The molecule has 3 rings (SSSR count). The number of carbonyl (C=O) groups excluding carboxylic acids is 1. The van der Waals surface area contributed by atoms with Gasteiger partial charge >= 0.3 is 0 Å². The molecule has 132 valence electrons. The van der Waals surface area contributed by atoms with Crippen molar-refractivity contribution in [3.05, 3.63) is 83.0 Å². The first-order chi connectivity index (χ1) is 12.6. The van der Waals surface area contributed by atoms with Crippen LogP contribution in [-0.2, 0) is 6.42 Å². The van der Waals surface area contributed by atoms with Crippen molar-refractivity contribution in [3.63, 3.8) is 0 Å². The van der Waals surface area contributed by atoms with Gasteiger partial charge in [-0.3, -0.25) is 4.79 Å². The topological polar surface area (TPSA) is 66.9 Å². The molecule has 1 aromatic heterocycles. The Morgan fingerprint density at radius 3 is 2.58 bits per heavy atom. The maximum Gasteiger partial charge on any atom is 0.271 e. The molecule has 2 aromatic carbocycles. The molecule has 0 atom stereocenters. The number of anilines is 2. The average molecular weight is 371 g/mol. The van der Waals surface area contributed by atoms with Gasteiger partial charge < -0.3 is 10.6 Å². The van der Waals surface area contributed by atoms with Crippen LogP contribution in [0.4, 0.5) is 15.9 Å². The Hall–Kier alpha value is -2.99. The van der Waals surface area contributed by atoms with Crippen molar-refractivity contribution < 1.29 is 9.18 Å². The van der Waals surface area contributed by atoms with Crippen LogP contribution in [0.3, 0.4) is 0 Å². The molecule has 2 N–H and O–H groups in total. The van der Waals surface area contributed by atoms with Gasteiger partial charge in [-0.25, -0.2) is 14.4 Å². The molecule has 0 unspecified atom stereocenters. The molecule has 0 radical (unpaired) electrons. The third-order valence-corrected chi connectivity index (χ3v) is 3.82. The van der Waals surface area contributed by atoms with Gasteiger partial charge in [-0.2, -0.15) is 0 Å². The summed E-state index contributed by atoms with van der Waals surface area (Å²) in [6.45, 7) is 0.469. The Balaban J connectivity index is 1.52. The zero-order valence-electron chi connectivity index (χ0n) is 13.7. The molecular weight excluding hydrogens is 355 g/mol. The van der Waals surface area contributed by atoms with Gasteiger partial charge in [-0.1, -0.05) is 23.7 Å². The number of nitrogens with one attached hydrogen (secondary N) is 2. The third-order valence-electron chi connectivity index (χ3n) is 3.59. The van der Waals surface area contributed by atoms with E-state index in [1.807, 2.05) is 18.2 Å². The predicted octanol–water partition coefficient (Wildman–Crippen LogP) is 3.99. The smallest absolute Gasteiger partial charge is 0.271 e. The minimum atomic E-state index is -0.313. The van der Waals surface area contributed by atoms with E-state index in [2.05, 4.69) is 20.6 Å². The van der Waals surface area contributed by atoms with Crippen molar-refractivity contribution in [3.8, 4) is 0 Å². The fourth-order valence-corrected chi connectivity index (χ4v) is 2.51. The zero-order valence-corrected chi connectivity index (χ0v) is 14.5. The van der Waals surface area contributed by atoms with Crippen LogP contribution in [0.25, 0.3) is 0 Å². The highest BCUT2D eigenvalue weighted by Gasteiger charge is 2.08. The monoisotopic (exact) mass is 370 g/mol. The van der Waals surface area contributed by atoms with Crippen molar-refractivity contribution in [2.45, 2.75) is 6.42 Å². The summed E-state index contributed by atoms with van der Waals surface area (Å²) in [6.07, 6.45) is 3.51. The minimum absolute atomic E-state index is 0.223. The van der Waals surface area contributed by atoms with E-state index >= 15 is 0 Å². The summed E-state index contributed by atoms with van der Waals surface area (Å²) < 4.78 is 12.9. The van der Waals surface area contributed by atoms with Crippen LogP contribution in [0.2, 0.25) is 5.02 Å². The molecule has 26 heavy (non-hydrogen) atoms. The molecule has 7 heteroatoms. The molecule has 0 spiro atoms. The highest BCUT2D eigenvalue weighted by atomic mass is 35.5. The van der Waals surface area contributed by atoms with Crippen molar-refractivity contribution in [1.82, 2.24) is 15.3 Å². The van der Waals surface area contributed by atoms with Gasteiger partial charge in [0.1, 0.15) is 17.3 Å². The lowest BCUT2D eigenvalue weighted by Gasteiger charge is -2.07. The van der Waals surface area contributed by atoms with Crippen LogP contribution in [0.1, 0.15) is 16.1 Å². The number of benzene rings is 2. The van der Waals surface area contributed by atoms with E-state index in [-0.39, 0.29) is 17.4 Å². The van der Waals surface area contributed by atoms with Gasteiger partial charge in [0.05, 0.1) is 12.4 Å². The van der Waals surface area contributed by atoms with Gasteiger partial charge in [-0.15, -0.1) is 0 Å². The molecule has 3 aromatic rings. The van der Waals surface area contributed by atoms with E-state index in [9.17, 15) is 9.18 Å². The van der Waals surface area contributed by atoms with E-state index in [1.165, 1.54) is 24.5 Å². The molecule has 1 heterocycles. The van der Waals surface area contributed by atoms with E-state index in [0.717, 1.165) is 5.56 Å². The Morgan fingerprint density at radius 2 is 1.88 bits per heavy atom. The third kappa shape index (κ3) is 5.00. The number of nitrogens with zero attached hydrogens (tertiary/aromatic N) is 2. The number of hydrogen-bond donors (Lipinski definition) is 2. The van der Waals surface area contributed by atoms with Gasteiger partial charge in [0, 0.05) is 17.3 Å². The molecule has 0 saturated carbocycles. The Kier molecular flexibility index (Phi) is 5.76. The first-order valence-electron chi connectivity index (χ1n) is 7.97. The highest BCUT2D eigenvalue weighted by molar-refractivity contribution is 6.30. The molecule has 1 amide bonds. The second-order valence-corrected chi connectivity index (χ2v) is 5.99. The van der Waals surface area contributed by atoms with Crippen LogP contribution < -0.4 is 10.6 Å². The summed E-state index contributed by atoms with van der Waals surface area (Å²) in [5.41, 5.74) is 1.95. The minimum Gasteiger partial charge on any atom is -0.350 e. The van der Waals surface area contributed by atoms with Crippen molar-refractivity contribution in [1.29, 1.82) is 0 Å². The second-order valence-electron chi connectivity index (χ2n) is 5.55. The first-order valence-corrected chi connectivity index (χ1v) is 8.35. The van der Waals surface area contributed by atoms with Gasteiger partial charge in [0.15, 0.2) is 0 Å². The van der Waals surface area contributed by atoms with Gasteiger partial charge in [-0.05, 0) is 48.4 Å². The Morgan fingerprint density at radius 1 is 1.08 bits per heavy atom. The fourth-order valence-electron chi connectivity index (χ4n) is 2.29. The largest absolute Gasteiger partial charge is 0.350 e.